The van der Waals surface area contributed by atoms with Crippen LogP contribution in [0.1, 0.15) is 37.7 Å². The second-order valence-corrected chi connectivity index (χ2v) is 6.75. The number of nitrogens with zero attached hydrogens (tertiary/aromatic N) is 2. The third-order valence-corrected chi connectivity index (χ3v) is 4.92. The topological polar surface area (TPSA) is 69.7 Å². The quantitative estimate of drug-likeness (QED) is 0.831. The number of carbonyl (C=O) groups is 3. The van der Waals surface area contributed by atoms with Crippen molar-refractivity contribution in [3.63, 3.8) is 0 Å². The van der Waals surface area contributed by atoms with Crippen LogP contribution in [0, 0.1) is 0 Å². The van der Waals surface area contributed by atoms with E-state index in [-0.39, 0.29) is 18.4 Å². The molecule has 1 aromatic carbocycles. The first-order valence-corrected chi connectivity index (χ1v) is 9.09. The number of rotatable bonds is 5. The average Bonchev–Trinajstić information content (AvgIpc) is 2.83. The summed E-state index contributed by atoms with van der Waals surface area (Å²) in [5.74, 6) is -0.418. The number of imide groups is 1. The van der Waals surface area contributed by atoms with Gasteiger partial charge in [-0.15, -0.1) is 0 Å². The molecule has 0 aliphatic carbocycles. The van der Waals surface area contributed by atoms with Crippen molar-refractivity contribution in [1.82, 2.24) is 15.1 Å². The Morgan fingerprint density at radius 3 is 2.40 bits per heavy atom. The molecule has 2 aliphatic heterocycles. The van der Waals surface area contributed by atoms with E-state index in [4.69, 9.17) is 0 Å². The number of hydrogen-bond donors (Lipinski definition) is 1. The van der Waals surface area contributed by atoms with E-state index >= 15 is 0 Å². The molecule has 0 saturated carbocycles. The minimum atomic E-state index is -0.537. The standard InChI is InChI=1S/C19H25N3O3/c23-17(21-12-6-1-2-7-13-21)14-22-18(24)16(20-19(22)25)11-10-15-8-4-3-5-9-15/h3-5,8-9,16H,1-2,6-7,10-14H2,(H,20,25)/t16-/m0/s1. The fourth-order valence-electron chi connectivity index (χ4n) is 3.43. The summed E-state index contributed by atoms with van der Waals surface area (Å²) < 4.78 is 0. The van der Waals surface area contributed by atoms with Crippen LogP contribution in [0.3, 0.4) is 0 Å². The third-order valence-electron chi connectivity index (χ3n) is 4.92. The normalized spacial score (nSPS) is 21.2. The van der Waals surface area contributed by atoms with Crippen molar-refractivity contribution in [3.05, 3.63) is 35.9 Å². The van der Waals surface area contributed by atoms with Gasteiger partial charge in [0.05, 0.1) is 0 Å². The highest BCUT2D eigenvalue weighted by molar-refractivity contribution is 6.06. The molecule has 25 heavy (non-hydrogen) atoms. The van der Waals surface area contributed by atoms with Crippen LogP contribution in [0.4, 0.5) is 4.79 Å². The minimum Gasteiger partial charge on any atom is -0.341 e. The summed E-state index contributed by atoms with van der Waals surface area (Å²) in [6.45, 7) is 1.30. The van der Waals surface area contributed by atoms with Gasteiger partial charge in [-0.3, -0.25) is 14.5 Å². The fraction of sp³-hybridized carbons (Fsp3) is 0.526. The highest BCUT2D eigenvalue weighted by atomic mass is 16.2. The zero-order valence-electron chi connectivity index (χ0n) is 14.4. The summed E-state index contributed by atoms with van der Waals surface area (Å²) >= 11 is 0. The molecule has 2 heterocycles. The molecular weight excluding hydrogens is 318 g/mol. The van der Waals surface area contributed by atoms with Crippen LogP contribution in [0.5, 0.6) is 0 Å². The van der Waals surface area contributed by atoms with Crippen molar-refractivity contribution in [2.45, 2.75) is 44.6 Å². The van der Waals surface area contributed by atoms with Crippen LogP contribution in [0.25, 0.3) is 0 Å². The number of urea groups is 1. The summed E-state index contributed by atoms with van der Waals surface area (Å²) in [6.07, 6.45) is 5.51. The van der Waals surface area contributed by atoms with Crippen LogP contribution >= 0.6 is 0 Å². The van der Waals surface area contributed by atoms with E-state index in [0.717, 1.165) is 49.2 Å². The largest absolute Gasteiger partial charge is 0.341 e. The second-order valence-electron chi connectivity index (χ2n) is 6.75. The number of hydrogen-bond acceptors (Lipinski definition) is 3. The first-order chi connectivity index (χ1) is 12.1. The molecule has 1 N–H and O–H groups in total. The third kappa shape index (κ3) is 4.38. The van der Waals surface area contributed by atoms with Crippen LogP contribution in [-0.4, -0.2) is 53.3 Å². The highest BCUT2D eigenvalue weighted by Crippen LogP contribution is 2.15. The lowest BCUT2D eigenvalue weighted by Crippen LogP contribution is -2.43. The molecule has 2 saturated heterocycles. The van der Waals surface area contributed by atoms with Crippen LogP contribution in [0.2, 0.25) is 0 Å². The Labute approximate surface area is 148 Å². The van der Waals surface area contributed by atoms with E-state index in [1.807, 2.05) is 30.3 Å². The molecule has 0 spiro atoms. The zero-order valence-corrected chi connectivity index (χ0v) is 14.4. The number of nitrogens with one attached hydrogen (secondary N) is 1. The van der Waals surface area contributed by atoms with Gasteiger partial charge in [0.25, 0.3) is 5.91 Å². The molecular formula is C19H25N3O3. The monoisotopic (exact) mass is 343 g/mol. The maximum atomic E-state index is 12.5. The first kappa shape index (κ1) is 17.5. The Morgan fingerprint density at radius 2 is 1.72 bits per heavy atom. The van der Waals surface area contributed by atoms with Gasteiger partial charge in [0.2, 0.25) is 5.91 Å². The van der Waals surface area contributed by atoms with Crippen molar-refractivity contribution in [1.29, 1.82) is 0 Å². The molecule has 0 aromatic heterocycles. The Morgan fingerprint density at radius 1 is 1.04 bits per heavy atom. The number of aryl methyl sites for hydroxylation is 1. The lowest BCUT2D eigenvalue weighted by Gasteiger charge is -2.22. The molecule has 4 amide bonds. The predicted octanol–water partition coefficient (Wildman–Crippen LogP) is 1.94. The zero-order chi connectivity index (χ0) is 17.6. The molecule has 0 bridgehead atoms. The molecule has 3 rings (SSSR count). The number of carbonyl (C=O) groups excluding carboxylic acids is 3. The van der Waals surface area contributed by atoms with E-state index < -0.39 is 12.1 Å². The second kappa shape index (κ2) is 8.14. The molecule has 1 atom stereocenters. The van der Waals surface area contributed by atoms with Crippen molar-refractivity contribution in [3.8, 4) is 0 Å². The van der Waals surface area contributed by atoms with Crippen LogP contribution in [-0.2, 0) is 16.0 Å². The Bertz CT molecular complexity index is 624. The summed E-state index contributed by atoms with van der Waals surface area (Å²) in [5, 5.41) is 2.71. The van der Waals surface area contributed by atoms with E-state index in [1.165, 1.54) is 0 Å². The molecule has 134 valence electrons. The predicted molar refractivity (Wildman–Crippen MR) is 93.8 cm³/mol. The minimum absolute atomic E-state index is 0.130. The molecule has 1 aromatic rings. The Kier molecular flexibility index (Phi) is 5.68. The van der Waals surface area contributed by atoms with Crippen molar-refractivity contribution < 1.29 is 14.4 Å². The van der Waals surface area contributed by atoms with Gasteiger partial charge >= 0.3 is 6.03 Å². The van der Waals surface area contributed by atoms with Crippen molar-refractivity contribution in [2.24, 2.45) is 0 Å². The number of benzene rings is 1. The smallest absolute Gasteiger partial charge is 0.325 e. The van der Waals surface area contributed by atoms with E-state index in [9.17, 15) is 14.4 Å². The van der Waals surface area contributed by atoms with E-state index in [2.05, 4.69) is 5.32 Å². The summed E-state index contributed by atoms with van der Waals surface area (Å²) in [4.78, 5) is 39.9. The van der Waals surface area contributed by atoms with Crippen LogP contribution < -0.4 is 5.32 Å². The van der Waals surface area contributed by atoms with Gasteiger partial charge in [0.15, 0.2) is 0 Å². The molecule has 2 fully saturated rings. The van der Waals surface area contributed by atoms with Gasteiger partial charge in [0.1, 0.15) is 12.6 Å². The van der Waals surface area contributed by atoms with Crippen LogP contribution in [0.15, 0.2) is 30.3 Å². The van der Waals surface area contributed by atoms with Gasteiger partial charge in [-0.2, -0.15) is 0 Å². The number of amides is 4. The number of likely N-dealkylation sites (tertiary alicyclic amines) is 1. The molecule has 6 heteroatoms. The first-order valence-electron chi connectivity index (χ1n) is 9.09. The SMILES string of the molecule is O=C(CN1C(=O)N[C@@H](CCc2ccccc2)C1=O)N1CCCCCC1. The average molecular weight is 343 g/mol. The highest BCUT2D eigenvalue weighted by Gasteiger charge is 2.39. The summed E-state index contributed by atoms with van der Waals surface area (Å²) in [7, 11) is 0. The van der Waals surface area contributed by atoms with Gasteiger partial charge in [-0.1, -0.05) is 43.2 Å². The van der Waals surface area contributed by atoms with E-state index in [0.29, 0.717) is 12.8 Å². The van der Waals surface area contributed by atoms with Gasteiger partial charge in [-0.05, 0) is 31.2 Å². The fourth-order valence-corrected chi connectivity index (χ4v) is 3.43. The molecule has 2 aliphatic rings. The molecule has 0 unspecified atom stereocenters. The van der Waals surface area contributed by atoms with Gasteiger partial charge in [0, 0.05) is 13.1 Å². The maximum Gasteiger partial charge on any atom is 0.325 e. The van der Waals surface area contributed by atoms with E-state index in [1.54, 1.807) is 4.90 Å². The maximum absolute atomic E-state index is 12.5. The van der Waals surface area contributed by atoms with Crippen molar-refractivity contribution >= 4 is 17.8 Å². The Hall–Kier alpha value is -2.37. The Balaban J connectivity index is 1.54. The molecule has 0 radical (unpaired) electrons. The van der Waals surface area contributed by atoms with Crippen molar-refractivity contribution in [2.75, 3.05) is 19.6 Å². The lowest BCUT2D eigenvalue weighted by molar-refractivity contribution is -0.137. The van der Waals surface area contributed by atoms with Gasteiger partial charge < -0.3 is 10.2 Å². The van der Waals surface area contributed by atoms with Gasteiger partial charge in [-0.25, -0.2) is 4.79 Å². The summed E-state index contributed by atoms with van der Waals surface area (Å²) in [5.41, 5.74) is 1.13. The lowest BCUT2D eigenvalue weighted by atomic mass is 10.1. The molecule has 6 nitrogen and oxygen atoms in total. The summed E-state index contributed by atoms with van der Waals surface area (Å²) in [6, 6.07) is 8.87.